The maximum Gasteiger partial charge on any atom is 0.231 e. The molecule has 0 saturated carbocycles. The van der Waals surface area contributed by atoms with Gasteiger partial charge >= 0.3 is 0 Å². The minimum Gasteiger partial charge on any atom is -0.454 e. The Balaban J connectivity index is 1.48. The van der Waals surface area contributed by atoms with E-state index in [4.69, 9.17) is 19.9 Å². The SMILES string of the molecule is CCOCCn1c(C#N)cc(N)c1N1CCN(c2ccc3c(c2)OCO3)CC1. The molecule has 0 unspecified atom stereocenters. The Hall–Kier alpha value is -3.05. The second kappa shape index (κ2) is 7.90. The van der Waals surface area contributed by atoms with E-state index in [1.165, 1.54) is 0 Å². The van der Waals surface area contributed by atoms with E-state index in [2.05, 4.69) is 21.9 Å². The summed E-state index contributed by atoms with van der Waals surface area (Å²) in [7, 11) is 0. The average Bonchev–Trinajstić information content (AvgIpc) is 3.31. The molecule has 2 aromatic rings. The second-order valence-electron chi connectivity index (χ2n) is 6.78. The Kier molecular flexibility index (Phi) is 5.17. The van der Waals surface area contributed by atoms with Crippen LogP contribution in [0.2, 0.25) is 0 Å². The van der Waals surface area contributed by atoms with Crippen molar-refractivity contribution < 1.29 is 14.2 Å². The normalized spacial score (nSPS) is 15.7. The quantitative estimate of drug-likeness (QED) is 0.764. The Morgan fingerprint density at radius 3 is 2.61 bits per heavy atom. The van der Waals surface area contributed by atoms with Crippen LogP contribution in [0.1, 0.15) is 12.6 Å². The smallest absolute Gasteiger partial charge is 0.231 e. The molecule has 1 saturated heterocycles. The molecule has 1 aromatic heterocycles. The van der Waals surface area contributed by atoms with Crippen molar-refractivity contribution in [1.82, 2.24) is 4.57 Å². The van der Waals surface area contributed by atoms with Crippen LogP contribution in [0.3, 0.4) is 0 Å². The number of nitrogens with zero attached hydrogens (tertiary/aromatic N) is 4. The number of fused-ring (bicyclic) bond motifs is 1. The fraction of sp³-hybridized carbons (Fsp3) is 0.450. The van der Waals surface area contributed by atoms with Gasteiger partial charge in [0.25, 0.3) is 0 Å². The molecule has 8 nitrogen and oxygen atoms in total. The maximum absolute atomic E-state index is 9.46. The van der Waals surface area contributed by atoms with Crippen LogP contribution in [-0.2, 0) is 11.3 Å². The molecule has 2 aliphatic heterocycles. The summed E-state index contributed by atoms with van der Waals surface area (Å²) in [6.45, 7) is 7.44. The fourth-order valence-corrected chi connectivity index (χ4v) is 3.79. The van der Waals surface area contributed by atoms with E-state index >= 15 is 0 Å². The number of hydrogen-bond donors (Lipinski definition) is 1. The van der Waals surface area contributed by atoms with Gasteiger partial charge in [0.2, 0.25) is 6.79 Å². The van der Waals surface area contributed by atoms with Gasteiger partial charge in [-0.15, -0.1) is 0 Å². The summed E-state index contributed by atoms with van der Waals surface area (Å²) in [6.07, 6.45) is 0. The van der Waals surface area contributed by atoms with Crippen molar-refractivity contribution in [3.63, 3.8) is 0 Å². The average molecular weight is 383 g/mol. The number of nitrogen functional groups attached to an aromatic ring is 1. The lowest BCUT2D eigenvalue weighted by atomic mass is 10.2. The zero-order valence-electron chi connectivity index (χ0n) is 16.1. The summed E-state index contributed by atoms with van der Waals surface area (Å²) in [6, 6.07) is 10.1. The van der Waals surface area contributed by atoms with Gasteiger partial charge < -0.3 is 34.3 Å². The molecule has 2 N–H and O–H groups in total. The second-order valence-corrected chi connectivity index (χ2v) is 6.78. The largest absolute Gasteiger partial charge is 0.454 e. The van der Waals surface area contributed by atoms with E-state index in [1.54, 1.807) is 6.07 Å². The monoisotopic (exact) mass is 383 g/mol. The summed E-state index contributed by atoms with van der Waals surface area (Å²) in [5, 5.41) is 9.46. The number of nitriles is 1. The van der Waals surface area contributed by atoms with Crippen molar-refractivity contribution in [3.05, 3.63) is 30.0 Å². The van der Waals surface area contributed by atoms with Crippen LogP contribution in [-0.4, -0.2) is 50.8 Å². The number of hydrogen-bond acceptors (Lipinski definition) is 7. The number of ether oxygens (including phenoxy) is 3. The van der Waals surface area contributed by atoms with Crippen LogP contribution < -0.4 is 25.0 Å². The first kappa shape index (κ1) is 18.3. The number of anilines is 3. The van der Waals surface area contributed by atoms with Crippen LogP contribution in [0.15, 0.2) is 24.3 Å². The highest BCUT2D eigenvalue weighted by Gasteiger charge is 2.25. The highest BCUT2D eigenvalue weighted by molar-refractivity contribution is 5.68. The topological polar surface area (TPSA) is 88.9 Å². The Morgan fingerprint density at radius 1 is 1.11 bits per heavy atom. The van der Waals surface area contributed by atoms with Crippen molar-refractivity contribution in [2.24, 2.45) is 0 Å². The van der Waals surface area contributed by atoms with Crippen LogP contribution in [0.4, 0.5) is 17.2 Å². The summed E-state index contributed by atoms with van der Waals surface area (Å²) >= 11 is 0. The van der Waals surface area contributed by atoms with E-state index in [-0.39, 0.29) is 6.79 Å². The van der Waals surface area contributed by atoms with Crippen LogP contribution in [0, 0.1) is 11.3 Å². The number of piperazine rings is 1. The van der Waals surface area contributed by atoms with Crippen LogP contribution in [0.25, 0.3) is 0 Å². The highest BCUT2D eigenvalue weighted by atomic mass is 16.7. The highest BCUT2D eigenvalue weighted by Crippen LogP contribution is 2.36. The molecule has 148 valence electrons. The van der Waals surface area contributed by atoms with Gasteiger partial charge in [0, 0.05) is 51.1 Å². The molecule has 0 atom stereocenters. The van der Waals surface area contributed by atoms with E-state index in [9.17, 15) is 5.26 Å². The van der Waals surface area contributed by atoms with Gasteiger partial charge in [-0.25, -0.2) is 0 Å². The molecule has 4 rings (SSSR count). The Labute approximate surface area is 164 Å². The van der Waals surface area contributed by atoms with E-state index in [0.717, 1.165) is 49.2 Å². The van der Waals surface area contributed by atoms with Gasteiger partial charge in [0.1, 0.15) is 17.6 Å². The van der Waals surface area contributed by atoms with E-state index in [1.807, 2.05) is 23.6 Å². The Bertz CT molecular complexity index is 881. The molecular weight excluding hydrogens is 358 g/mol. The van der Waals surface area contributed by atoms with Gasteiger partial charge in [-0.3, -0.25) is 0 Å². The van der Waals surface area contributed by atoms with Crippen molar-refractivity contribution >= 4 is 17.2 Å². The number of aromatic nitrogens is 1. The van der Waals surface area contributed by atoms with Crippen molar-refractivity contribution in [3.8, 4) is 17.6 Å². The first-order valence-electron chi connectivity index (χ1n) is 9.57. The molecule has 0 radical (unpaired) electrons. The van der Waals surface area contributed by atoms with Crippen LogP contribution in [0.5, 0.6) is 11.5 Å². The summed E-state index contributed by atoms with van der Waals surface area (Å²) in [5.41, 5.74) is 8.61. The van der Waals surface area contributed by atoms with Crippen molar-refractivity contribution in [2.45, 2.75) is 13.5 Å². The number of rotatable bonds is 6. The van der Waals surface area contributed by atoms with E-state index in [0.29, 0.717) is 31.1 Å². The molecule has 1 aromatic carbocycles. The molecule has 3 heterocycles. The minimum atomic E-state index is 0.284. The zero-order valence-corrected chi connectivity index (χ0v) is 16.1. The third kappa shape index (κ3) is 3.41. The molecule has 0 spiro atoms. The summed E-state index contributed by atoms with van der Waals surface area (Å²) in [5.74, 6) is 2.51. The molecule has 0 amide bonds. The molecular formula is C20H25N5O3. The molecule has 8 heteroatoms. The van der Waals surface area contributed by atoms with Gasteiger partial charge in [-0.2, -0.15) is 5.26 Å². The van der Waals surface area contributed by atoms with Gasteiger partial charge in [-0.1, -0.05) is 0 Å². The van der Waals surface area contributed by atoms with E-state index < -0.39 is 0 Å². The van der Waals surface area contributed by atoms with Gasteiger partial charge in [0.15, 0.2) is 11.5 Å². The van der Waals surface area contributed by atoms with Crippen molar-refractivity contribution in [1.29, 1.82) is 5.26 Å². The molecule has 0 bridgehead atoms. The fourth-order valence-electron chi connectivity index (χ4n) is 3.79. The number of nitrogens with two attached hydrogens (primary N) is 1. The predicted octanol–water partition coefficient (Wildman–Crippen LogP) is 2.03. The maximum atomic E-state index is 9.46. The molecule has 0 aliphatic carbocycles. The molecule has 1 fully saturated rings. The Morgan fingerprint density at radius 2 is 1.86 bits per heavy atom. The first-order chi connectivity index (χ1) is 13.7. The lowest BCUT2D eigenvalue weighted by molar-refractivity contribution is 0.139. The standard InChI is InChI=1S/C20H25N5O3/c1-2-26-10-9-25-16(13-21)11-17(22)20(25)24-7-5-23(6-8-24)15-3-4-18-19(12-15)28-14-27-18/h3-4,11-12H,2,5-10,14,22H2,1H3. The molecule has 28 heavy (non-hydrogen) atoms. The third-order valence-corrected chi connectivity index (χ3v) is 5.18. The van der Waals surface area contributed by atoms with Gasteiger partial charge in [-0.05, 0) is 25.1 Å². The van der Waals surface area contributed by atoms with Gasteiger partial charge in [0.05, 0.1) is 12.3 Å². The summed E-state index contributed by atoms with van der Waals surface area (Å²) in [4.78, 5) is 4.58. The predicted molar refractivity (Wildman–Crippen MR) is 107 cm³/mol. The lowest BCUT2D eigenvalue weighted by Gasteiger charge is -2.38. The minimum absolute atomic E-state index is 0.284. The van der Waals surface area contributed by atoms with Crippen LogP contribution >= 0.6 is 0 Å². The third-order valence-electron chi connectivity index (χ3n) is 5.18. The van der Waals surface area contributed by atoms with Crippen molar-refractivity contribution in [2.75, 3.05) is 61.7 Å². The zero-order chi connectivity index (χ0) is 19.5. The molecule has 2 aliphatic rings. The first-order valence-corrected chi connectivity index (χ1v) is 9.57. The summed E-state index contributed by atoms with van der Waals surface area (Å²) < 4.78 is 18.3. The number of benzene rings is 1. The lowest BCUT2D eigenvalue weighted by Crippen LogP contribution is -2.47.